The highest BCUT2D eigenvalue weighted by molar-refractivity contribution is 7.88. The summed E-state index contributed by atoms with van der Waals surface area (Å²) in [7, 11) is -3.08. The summed E-state index contributed by atoms with van der Waals surface area (Å²) in [5.74, 6) is 0.269. The Labute approximate surface area is 97.7 Å². The zero-order valence-corrected chi connectivity index (χ0v) is 10.6. The number of nitrogens with zero attached hydrogens (tertiary/aromatic N) is 1. The van der Waals surface area contributed by atoms with Crippen LogP contribution in [0.4, 0.5) is 0 Å². The Morgan fingerprint density at radius 3 is 2.81 bits per heavy atom. The van der Waals surface area contributed by atoms with Crippen molar-refractivity contribution >= 4 is 10.0 Å². The molecule has 1 rings (SSSR count). The number of piperidine rings is 1. The Balaban J connectivity index is 2.45. The molecule has 0 radical (unpaired) electrons. The van der Waals surface area contributed by atoms with Crippen LogP contribution in [0.3, 0.4) is 0 Å². The quantitative estimate of drug-likeness (QED) is 0.705. The van der Waals surface area contributed by atoms with Crippen LogP contribution in [0.5, 0.6) is 0 Å². The smallest absolute Gasteiger partial charge is 0.211 e. The zero-order valence-electron chi connectivity index (χ0n) is 9.80. The van der Waals surface area contributed by atoms with Crippen molar-refractivity contribution in [3.63, 3.8) is 0 Å². The molecule has 2 unspecified atom stereocenters. The summed E-state index contributed by atoms with van der Waals surface area (Å²) in [6.07, 6.45) is 3.97. The van der Waals surface area contributed by atoms with E-state index in [1.54, 1.807) is 0 Å². The largest absolute Gasteiger partial charge is 0.393 e. The second kappa shape index (κ2) is 5.95. The van der Waals surface area contributed by atoms with Crippen LogP contribution < -0.4 is 5.73 Å². The van der Waals surface area contributed by atoms with E-state index in [-0.39, 0.29) is 5.92 Å². The fourth-order valence-corrected chi connectivity index (χ4v) is 3.16. The summed E-state index contributed by atoms with van der Waals surface area (Å²) in [4.78, 5) is 0. The van der Waals surface area contributed by atoms with Gasteiger partial charge in [-0.05, 0) is 38.1 Å². The molecule has 3 N–H and O–H groups in total. The van der Waals surface area contributed by atoms with Gasteiger partial charge in [0.25, 0.3) is 0 Å². The molecule has 1 saturated heterocycles. The van der Waals surface area contributed by atoms with Gasteiger partial charge in [0.15, 0.2) is 0 Å². The minimum Gasteiger partial charge on any atom is -0.393 e. The second-order valence-corrected chi connectivity index (χ2v) is 6.58. The molecule has 0 aromatic carbocycles. The lowest BCUT2D eigenvalue weighted by molar-refractivity contribution is 0.116. The normalized spacial score (nSPS) is 25.6. The lowest BCUT2D eigenvalue weighted by atomic mass is 9.92. The second-order valence-electron chi connectivity index (χ2n) is 4.60. The molecule has 0 aliphatic carbocycles. The predicted molar refractivity (Wildman–Crippen MR) is 63.4 cm³/mol. The van der Waals surface area contributed by atoms with E-state index in [1.165, 1.54) is 10.6 Å². The molecule has 2 atom stereocenters. The maximum atomic E-state index is 11.4. The molecular formula is C10H22N2O3S. The summed E-state index contributed by atoms with van der Waals surface area (Å²) in [5, 5.41) is 9.64. The molecule has 0 spiro atoms. The van der Waals surface area contributed by atoms with Crippen LogP contribution in [-0.2, 0) is 10.0 Å². The van der Waals surface area contributed by atoms with Gasteiger partial charge in [-0.1, -0.05) is 0 Å². The number of nitrogens with two attached hydrogens (primary N) is 1. The highest BCUT2D eigenvalue weighted by Gasteiger charge is 2.26. The highest BCUT2D eigenvalue weighted by Crippen LogP contribution is 2.23. The number of aliphatic hydroxyl groups excluding tert-OH is 1. The van der Waals surface area contributed by atoms with E-state index in [1.807, 2.05) is 0 Å². The van der Waals surface area contributed by atoms with E-state index >= 15 is 0 Å². The zero-order chi connectivity index (χ0) is 12.2. The maximum Gasteiger partial charge on any atom is 0.211 e. The van der Waals surface area contributed by atoms with Crippen molar-refractivity contribution < 1.29 is 13.5 Å². The summed E-state index contributed by atoms with van der Waals surface area (Å²) < 4.78 is 24.3. The third kappa shape index (κ3) is 4.37. The van der Waals surface area contributed by atoms with Gasteiger partial charge in [-0.15, -0.1) is 0 Å². The average Bonchev–Trinajstić information content (AvgIpc) is 2.17. The summed E-state index contributed by atoms with van der Waals surface area (Å²) >= 11 is 0. The van der Waals surface area contributed by atoms with Gasteiger partial charge < -0.3 is 10.8 Å². The number of aliphatic hydroxyl groups is 1. The topological polar surface area (TPSA) is 83.6 Å². The van der Waals surface area contributed by atoms with Crippen molar-refractivity contribution in [1.29, 1.82) is 0 Å². The van der Waals surface area contributed by atoms with Gasteiger partial charge in [0.2, 0.25) is 10.0 Å². The van der Waals surface area contributed by atoms with Crippen LogP contribution in [0.1, 0.15) is 25.7 Å². The fraction of sp³-hybridized carbons (Fsp3) is 1.00. The van der Waals surface area contributed by atoms with Gasteiger partial charge in [-0.25, -0.2) is 12.7 Å². The highest BCUT2D eigenvalue weighted by atomic mass is 32.2. The molecule has 96 valence electrons. The van der Waals surface area contributed by atoms with E-state index in [0.29, 0.717) is 32.5 Å². The minimum atomic E-state index is -3.08. The summed E-state index contributed by atoms with van der Waals surface area (Å²) in [5.41, 5.74) is 5.36. The lowest BCUT2D eigenvalue weighted by Crippen LogP contribution is -2.40. The standard InChI is InChI=1S/C10H22N2O3S/c1-16(14,15)12-6-2-3-9(8-12)7-10(13)4-5-11/h9-10,13H,2-8,11H2,1H3. The first kappa shape index (κ1) is 13.9. The number of rotatable bonds is 5. The van der Waals surface area contributed by atoms with E-state index in [9.17, 15) is 13.5 Å². The Morgan fingerprint density at radius 2 is 2.25 bits per heavy atom. The molecule has 16 heavy (non-hydrogen) atoms. The molecule has 0 amide bonds. The van der Waals surface area contributed by atoms with Crippen molar-refractivity contribution in [1.82, 2.24) is 4.31 Å². The van der Waals surface area contributed by atoms with Crippen LogP contribution in [0, 0.1) is 5.92 Å². The summed E-state index contributed by atoms with van der Waals surface area (Å²) in [6.45, 7) is 1.63. The molecule has 6 heteroatoms. The van der Waals surface area contributed by atoms with Crippen LogP contribution in [0.25, 0.3) is 0 Å². The van der Waals surface area contributed by atoms with E-state index < -0.39 is 16.1 Å². The van der Waals surface area contributed by atoms with Crippen molar-refractivity contribution in [3.05, 3.63) is 0 Å². The average molecular weight is 250 g/mol. The first-order valence-corrected chi connectivity index (χ1v) is 7.61. The molecule has 0 saturated carbocycles. The molecular weight excluding hydrogens is 228 g/mol. The van der Waals surface area contributed by atoms with Crippen LogP contribution in [0.15, 0.2) is 0 Å². The third-order valence-corrected chi connectivity index (χ3v) is 4.33. The lowest BCUT2D eigenvalue weighted by Gasteiger charge is -2.31. The number of hydrogen-bond donors (Lipinski definition) is 2. The molecule has 1 aliphatic heterocycles. The first-order valence-electron chi connectivity index (χ1n) is 5.76. The number of hydrogen-bond acceptors (Lipinski definition) is 4. The van der Waals surface area contributed by atoms with E-state index in [4.69, 9.17) is 5.73 Å². The van der Waals surface area contributed by atoms with Crippen LogP contribution in [-0.4, -0.2) is 49.8 Å². The first-order chi connectivity index (χ1) is 7.43. The van der Waals surface area contributed by atoms with Crippen molar-refractivity contribution in [2.75, 3.05) is 25.9 Å². The monoisotopic (exact) mass is 250 g/mol. The molecule has 0 bridgehead atoms. The Hall–Kier alpha value is -0.170. The van der Waals surface area contributed by atoms with E-state index in [0.717, 1.165) is 12.8 Å². The van der Waals surface area contributed by atoms with E-state index in [2.05, 4.69) is 0 Å². The number of sulfonamides is 1. The summed E-state index contributed by atoms with van der Waals surface area (Å²) in [6, 6.07) is 0. The van der Waals surface area contributed by atoms with Crippen molar-refractivity contribution in [2.45, 2.75) is 31.8 Å². The Bertz CT molecular complexity index is 305. The molecule has 1 heterocycles. The predicted octanol–water partition coefficient (Wildman–Crippen LogP) is -0.242. The molecule has 1 aliphatic rings. The molecule has 0 aromatic rings. The van der Waals surface area contributed by atoms with Gasteiger partial charge in [0.05, 0.1) is 12.4 Å². The Kier molecular flexibility index (Phi) is 5.17. The Morgan fingerprint density at radius 1 is 1.56 bits per heavy atom. The van der Waals surface area contributed by atoms with Gasteiger partial charge in [0.1, 0.15) is 0 Å². The SMILES string of the molecule is CS(=O)(=O)N1CCCC(CC(O)CCN)C1. The fourth-order valence-electron chi connectivity index (χ4n) is 2.22. The third-order valence-electron chi connectivity index (χ3n) is 3.06. The van der Waals surface area contributed by atoms with Gasteiger partial charge in [0, 0.05) is 13.1 Å². The minimum absolute atomic E-state index is 0.269. The van der Waals surface area contributed by atoms with Gasteiger partial charge in [-0.3, -0.25) is 0 Å². The molecule has 5 nitrogen and oxygen atoms in total. The van der Waals surface area contributed by atoms with Gasteiger partial charge >= 0.3 is 0 Å². The molecule has 0 aromatic heterocycles. The van der Waals surface area contributed by atoms with Gasteiger partial charge in [-0.2, -0.15) is 0 Å². The molecule has 1 fully saturated rings. The van der Waals surface area contributed by atoms with Crippen molar-refractivity contribution in [3.8, 4) is 0 Å². The van der Waals surface area contributed by atoms with Crippen LogP contribution in [0.2, 0.25) is 0 Å². The van der Waals surface area contributed by atoms with Crippen LogP contribution >= 0.6 is 0 Å². The van der Waals surface area contributed by atoms with Crippen molar-refractivity contribution in [2.24, 2.45) is 11.7 Å². The maximum absolute atomic E-state index is 11.4.